The molecule has 220 valence electrons. The molecule has 3 unspecified atom stereocenters. The van der Waals surface area contributed by atoms with Crippen molar-refractivity contribution in [2.24, 2.45) is 5.92 Å². The predicted molar refractivity (Wildman–Crippen MR) is 162 cm³/mol. The molecule has 1 fully saturated rings. The largest absolute Gasteiger partial charge is 0.497 e. The summed E-state index contributed by atoms with van der Waals surface area (Å²) in [7, 11) is 1.65. The first-order chi connectivity index (χ1) is 20.6. The molecule has 0 saturated heterocycles. The maximum atomic E-state index is 11.7. The van der Waals surface area contributed by atoms with E-state index in [0.717, 1.165) is 28.0 Å². The second-order valence-corrected chi connectivity index (χ2v) is 10.8. The van der Waals surface area contributed by atoms with Crippen LogP contribution in [0.4, 0.5) is 0 Å². The summed E-state index contributed by atoms with van der Waals surface area (Å²) in [6, 6.07) is 37.8. The van der Waals surface area contributed by atoms with Gasteiger partial charge in [0.05, 0.1) is 45.7 Å². The second kappa shape index (κ2) is 15.1. The molecule has 1 aliphatic rings. The van der Waals surface area contributed by atoms with Gasteiger partial charge in [-0.1, -0.05) is 110 Å². The summed E-state index contributed by atoms with van der Waals surface area (Å²) >= 11 is 0. The van der Waals surface area contributed by atoms with Gasteiger partial charge < -0.3 is 28.8 Å². The van der Waals surface area contributed by atoms with Gasteiger partial charge in [0.15, 0.2) is 0 Å². The van der Waals surface area contributed by atoms with E-state index in [4.69, 9.17) is 23.7 Å². The smallest absolute Gasteiger partial charge is 0.118 e. The third kappa shape index (κ3) is 7.85. The minimum absolute atomic E-state index is 0.271. The van der Waals surface area contributed by atoms with Gasteiger partial charge in [-0.15, -0.1) is 0 Å². The van der Waals surface area contributed by atoms with Crippen molar-refractivity contribution in [2.75, 3.05) is 7.11 Å². The molecule has 0 spiro atoms. The Bertz CT molecular complexity index is 1320. The van der Waals surface area contributed by atoms with Crippen molar-refractivity contribution in [1.82, 2.24) is 0 Å². The Balaban J connectivity index is 1.42. The summed E-state index contributed by atoms with van der Waals surface area (Å²) in [5, 5.41) is 11.7. The van der Waals surface area contributed by atoms with Crippen molar-refractivity contribution in [1.29, 1.82) is 0 Å². The van der Waals surface area contributed by atoms with Gasteiger partial charge in [0.2, 0.25) is 0 Å². The highest BCUT2D eigenvalue weighted by molar-refractivity contribution is 5.26. The molecule has 6 atom stereocenters. The first kappa shape index (κ1) is 30.0. The van der Waals surface area contributed by atoms with Crippen LogP contribution in [0.1, 0.15) is 29.2 Å². The number of ether oxygens (including phenoxy) is 5. The molecule has 4 aromatic rings. The van der Waals surface area contributed by atoms with Crippen molar-refractivity contribution >= 4 is 0 Å². The normalized spacial score (nSPS) is 23.9. The van der Waals surface area contributed by atoms with Crippen LogP contribution >= 0.6 is 0 Å². The Morgan fingerprint density at radius 1 is 0.476 bits per heavy atom. The standard InChI is InChI=1S/C36H40O6/c1-26-32(37)34(40-23-28-14-8-4-9-15-28)36(42-24-29-16-10-5-11-17-29)35(33(26)39-22-27-12-6-3-7-13-27)41-25-30-18-20-31(38-2)21-19-30/h3-21,26,32-37H,22-25H2,1-2H3/t26-,32?,33?,34-,35?,36+/m0/s1. The molecule has 0 amide bonds. The van der Waals surface area contributed by atoms with Crippen molar-refractivity contribution in [3.8, 4) is 5.75 Å². The van der Waals surface area contributed by atoms with Crippen LogP contribution in [0.2, 0.25) is 0 Å². The topological polar surface area (TPSA) is 66.4 Å². The average molecular weight is 569 g/mol. The molecule has 0 heterocycles. The molecular formula is C36H40O6. The highest BCUT2D eigenvalue weighted by Gasteiger charge is 2.51. The molecule has 42 heavy (non-hydrogen) atoms. The molecule has 1 saturated carbocycles. The lowest BCUT2D eigenvalue weighted by Crippen LogP contribution is -2.63. The molecule has 4 aromatic carbocycles. The Kier molecular flexibility index (Phi) is 10.8. The van der Waals surface area contributed by atoms with E-state index in [9.17, 15) is 5.11 Å². The first-order valence-electron chi connectivity index (χ1n) is 14.5. The van der Waals surface area contributed by atoms with Crippen LogP contribution in [-0.2, 0) is 45.4 Å². The first-order valence-corrected chi connectivity index (χ1v) is 14.5. The average Bonchev–Trinajstić information content (AvgIpc) is 3.05. The van der Waals surface area contributed by atoms with Crippen molar-refractivity contribution in [3.05, 3.63) is 138 Å². The Morgan fingerprint density at radius 3 is 1.26 bits per heavy atom. The van der Waals surface area contributed by atoms with Crippen LogP contribution in [0.25, 0.3) is 0 Å². The molecule has 0 aliphatic heterocycles. The summed E-state index contributed by atoms with van der Waals surface area (Å²) in [5.41, 5.74) is 4.11. The van der Waals surface area contributed by atoms with E-state index in [2.05, 4.69) is 0 Å². The van der Waals surface area contributed by atoms with Crippen LogP contribution < -0.4 is 4.74 Å². The second-order valence-electron chi connectivity index (χ2n) is 10.8. The van der Waals surface area contributed by atoms with E-state index in [0.29, 0.717) is 26.4 Å². The Morgan fingerprint density at radius 2 is 0.833 bits per heavy atom. The summed E-state index contributed by atoms with van der Waals surface area (Å²) in [6.45, 7) is 3.44. The van der Waals surface area contributed by atoms with Gasteiger partial charge in [-0.2, -0.15) is 0 Å². The minimum atomic E-state index is -0.823. The molecule has 1 N–H and O–H groups in total. The number of hydrogen-bond acceptors (Lipinski definition) is 6. The number of hydrogen-bond donors (Lipinski definition) is 1. The van der Waals surface area contributed by atoms with E-state index in [-0.39, 0.29) is 5.92 Å². The van der Waals surface area contributed by atoms with E-state index in [1.807, 2.05) is 122 Å². The molecule has 5 rings (SSSR count). The molecule has 6 nitrogen and oxygen atoms in total. The third-order valence-corrected chi connectivity index (χ3v) is 7.82. The zero-order valence-corrected chi connectivity index (χ0v) is 24.3. The number of benzene rings is 4. The summed E-state index contributed by atoms with van der Waals surface area (Å²) in [6.07, 6.45) is -2.97. The third-order valence-electron chi connectivity index (χ3n) is 7.82. The number of methoxy groups -OCH3 is 1. The Labute approximate surface area is 248 Å². The maximum absolute atomic E-state index is 11.7. The number of aliphatic hydroxyl groups is 1. The predicted octanol–water partition coefficient (Wildman–Crippen LogP) is 6.35. The van der Waals surface area contributed by atoms with E-state index in [1.54, 1.807) is 7.11 Å². The van der Waals surface area contributed by atoms with Gasteiger partial charge in [-0.25, -0.2) is 0 Å². The van der Waals surface area contributed by atoms with Crippen LogP contribution in [0.5, 0.6) is 5.75 Å². The van der Waals surface area contributed by atoms with Crippen LogP contribution in [0, 0.1) is 5.92 Å². The maximum Gasteiger partial charge on any atom is 0.118 e. The highest BCUT2D eigenvalue weighted by Crippen LogP contribution is 2.36. The minimum Gasteiger partial charge on any atom is -0.497 e. The lowest BCUT2D eigenvalue weighted by atomic mass is 9.78. The zero-order chi connectivity index (χ0) is 29.1. The molecule has 0 bridgehead atoms. The molecular weight excluding hydrogens is 528 g/mol. The van der Waals surface area contributed by atoms with Crippen molar-refractivity contribution in [3.63, 3.8) is 0 Å². The highest BCUT2D eigenvalue weighted by atomic mass is 16.6. The summed E-state index contributed by atoms with van der Waals surface area (Å²) in [4.78, 5) is 0. The Hall–Kier alpha value is -3.52. The monoisotopic (exact) mass is 568 g/mol. The SMILES string of the molecule is COc1ccc(COC2C(OCc3ccccc3)[C@@H](C)C(O)[C@H](OCc3ccccc3)[C@H]2OCc2ccccc2)cc1. The summed E-state index contributed by atoms with van der Waals surface area (Å²) in [5.74, 6) is 0.516. The lowest BCUT2D eigenvalue weighted by Gasteiger charge is -2.48. The van der Waals surface area contributed by atoms with Gasteiger partial charge in [-0.05, 0) is 34.4 Å². The van der Waals surface area contributed by atoms with Crippen molar-refractivity contribution in [2.45, 2.75) is 63.9 Å². The molecule has 0 aromatic heterocycles. The molecule has 1 aliphatic carbocycles. The fraction of sp³-hybridized carbons (Fsp3) is 0.333. The summed E-state index contributed by atoms with van der Waals surface area (Å²) < 4.78 is 31.6. The van der Waals surface area contributed by atoms with Crippen LogP contribution in [0.15, 0.2) is 115 Å². The lowest BCUT2D eigenvalue weighted by molar-refractivity contribution is -0.258. The van der Waals surface area contributed by atoms with Gasteiger partial charge in [0.25, 0.3) is 0 Å². The van der Waals surface area contributed by atoms with Crippen LogP contribution in [0.3, 0.4) is 0 Å². The van der Waals surface area contributed by atoms with Gasteiger partial charge in [0, 0.05) is 5.92 Å². The zero-order valence-electron chi connectivity index (χ0n) is 24.3. The van der Waals surface area contributed by atoms with E-state index >= 15 is 0 Å². The van der Waals surface area contributed by atoms with Gasteiger partial charge in [0.1, 0.15) is 24.1 Å². The molecule has 6 heteroatoms. The van der Waals surface area contributed by atoms with Gasteiger partial charge in [-0.3, -0.25) is 0 Å². The molecule has 0 radical (unpaired) electrons. The van der Waals surface area contributed by atoms with E-state index < -0.39 is 30.5 Å². The van der Waals surface area contributed by atoms with E-state index in [1.165, 1.54) is 0 Å². The number of rotatable bonds is 13. The van der Waals surface area contributed by atoms with Crippen LogP contribution in [-0.4, -0.2) is 42.7 Å². The van der Waals surface area contributed by atoms with Gasteiger partial charge >= 0.3 is 0 Å². The van der Waals surface area contributed by atoms with Crippen molar-refractivity contribution < 1.29 is 28.8 Å². The number of aliphatic hydroxyl groups excluding tert-OH is 1. The fourth-order valence-electron chi connectivity index (χ4n) is 5.39. The fourth-order valence-corrected chi connectivity index (χ4v) is 5.39. The quantitative estimate of drug-likeness (QED) is 0.203.